The molecule has 1 aliphatic heterocycles. The lowest BCUT2D eigenvalue weighted by Crippen LogP contribution is -2.56. The second-order valence-corrected chi connectivity index (χ2v) is 4.28. The van der Waals surface area contributed by atoms with Gasteiger partial charge in [-0.2, -0.15) is 0 Å². The highest BCUT2D eigenvalue weighted by Crippen LogP contribution is 2.06. The van der Waals surface area contributed by atoms with Crippen molar-refractivity contribution < 1.29 is 9.59 Å². The number of hydrogen-bond donors (Lipinski definition) is 1. The second kappa shape index (κ2) is 5.84. The van der Waals surface area contributed by atoms with Crippen LogP contribution in [-0.4, -0.2) is 60.9 Å². The van der Waals surface area contributed by atoms with Crippen LogP contribution in [0.5, 0.6) is 0 Å². The minimum Gasteiger partial charge on any atom is -0.332 e. The van der Waals surface area contributed by atoms with Gasteiger partial charge >= 0.3 is 0 Å². The number of nitrogens with one attached hydrogen (secondary N) is 1. The van der Waals surface area contributed by atoms with Crippen LogP contribution in [0.3, 0.4) is 0 Å². The van der Waals surface area contributed by atoms with Gasteiger partial charge in [0.2, 0.25) is 11.8 Å². The third-order valence-corrected chi connectivity index (χ3v) is 2.84. The van der Waals surface area contributed by atoms with Crippen LogP contribution in [0, 0.1) is 0 Å². The maximum atomic E-state index is 11.8. The average molecular weight is 227 g/mol. The van der Waals surface area contributed by atoms with Crippen LogP contribution in [0.25, 0.3) is 0 Å². The van der Waals surface area contributed by atoms with E-state index in [0.717, 1.165) is 6.42 Å². The normalized spacial score (nSPS) is 19.2. The van der Waals surface area contributed by atoms with Gasteiger partial charge in [0.15, 0.2) is 0 Å². The van der Waals surface area contributed by atoms with E-state index in [1.165, 1.54) is 0 Å². The molecule has 1 saturated heterocycles. The SMILES string of the molecule is CCCN1CC(=O)N(CC(C)NC)CC1=O. The van der Waals surface area contributed by atoms with Crippen molar-refractivity contribution in [3.63, 3.8) is 0 Å². The van der Waals surface area contributed by atoms with Crippen molar-refractivity contribution in [2.75, 3.05) is 33.2 Å². The first-order valence-electron chi connectivity index (χ1n) is 5.81. The summed E-state index contributed by atoms with van der Waals surface area (Å²) in [5.41, 5.74) is 0. The summed E-state index contributed by atoms with van der Waals surface area (Å²) in [5.74, 6) is 0.111. The van der Waals surface area contributed by atoms with Gasteiger partial charge < -0.3 is 15.1 Å². The van der Waals surface area contributed by atoms with Crippen molar-refractivity contribution in [3.8, 4) is 0 Å². The Balaban J connectivity index is 2.53. The monoisotopic (exact) mass is 227 g/mol. The summed E-state index contributed by atoms with van der Waals surface area (Å²) >= 11 is 0. The van der Waals surface area contributed by atoms with Gasteiger partial charge in [0.25, 0.3) is 0 Å². The molecule has 5 nitrogen and oxygen atoms in total. The molecule has 0 radical (unpaired) electrons. The number of carbonyl (C=O) groups is 2. The van der Waals surface area contributed by atoms with Gasteiger partial charge in [-0.15, -0.1) is 0 Å². The topological polar surface area (TPSA) is 52.7 Å². The van der Waals surface area contributed by atoms with Gasteiger partial charge in [0.05, 0.1) is 13.1 Å². The molecule has 16 heavy (non-hydrogen) atoms. The molecule has 0 aromatic heterocycles. The van der Waals surface area contributed by atoms with E-state index < -0.39 is 0 Å². The first-order valence-corrected chi connectivity index (χ1v) is 5.81. The molecule has 1 N–H and O–H groups in total. The predicted molar refractivity (Wildman–Crippen MR) is 62.0 cm³/mol. The van der Waals surface area contributed by atoms with Crippen molar-refractivity contribution in [2.24, 2.45) is 0 Å². The number of piperazine rings is 1. The summed E-state index contributed by atoms with van der Waals surface area (Å²) in [5, 5.41) is 3.07. The van der Waals surface area contributed by atoms with E-state index in [-0.39, 0.29) is 30.9 Å². The fourth-order valence-corrected chi connectivity index (χ4v) is 1.76. The summed E-state index contributed by atoms with van der Waals surface area (Å²) in [6, 6.07) is 0.217. The molecule has 1 rings (SSSR count). The lowest BCUT2D eigenvalue weighted by atomic mass is 10.2. The van der Waals surface area contributed by atoms with E-state index in [9.17, 15) is 9.59 Å². The Morgan fingerprint density at radius 2 is 1.81 bits per heavy atom. The predicted octanol–water partition coefficient (Wildman–Crippen LogP) is -0.325. The summed E-state index contributed by atoms with van der Waals surface area (Å²) in [6.07, 6.45) is 0.895. The van der Waals surface area contributed by atoms with E-state index in [4.69, 9.17) is 0 Å². The highest BCUT2D eigenvalue weighted by molar-refractivity contribution is 5.92. The lowest BCUT2D eigenvalue weighted by molar-refractivity contribution is -0.150. The van der Waals surface area contributed by atoms with Gasteiger partial charge in [-0.1, -0.05) is 6.92 Å². The molecule has 0 aliphatic carbocycles. The lowest BCUT2D eigenvalue weighted by Gasteiger charge is -2.35. The molecule has 0 aromatic rings. The molecule has 0 spiro atoms. The summed E-state index contributed by atoms with van der Waals surface area (Å²) in [7, 11) is 1.85. The Bertz CT molecular complexity index is 268. The zero-order valence-corrected chi connectivity index (χ0v) is 10.3. The number of rotatable bonds is 5. The smallest absolute Gasteiger partial charge is 0.242 e. The highest BCUT2D eigenvalue weighted by atomic mass is 16.2. The van der Waals surface area contributed by atoms with Crippen LogP contribution in [0.1, 0.15) is 20.3 Å². The summed E-state index contributed by atoms with van der Waals surface area (Å²) in [4.78, 5) is 26.8. The summed E-state index contributed by atoms with van der Waals surface area (Å²) in [6.45, 7) is 5.75. The van der Waals surface area contributed by atoms with Gasteiger partial charge in [0.1, 0.15) is 0 Å². The zero-order chi connectivity index (χ0) is 12.1. The maximum absolute atomic E-state index is 11.8. The Hall–Kier alpha value is -1.10. The van der Waals surface area contributed by atoms with E-state index in [1.54, 1.807) is 9.80 Å². The van der Waals surface area contributed by atoms with Crippen LogP contribution < -0.4 is 5.32 Å². The van der Waals surface area contributed by atoms with E-state index in [2.05, 4.69) is 5.32 Å². The first-order chi connectivity index (χ1) is 7.58. The van der Waals surface area contributed by atoms with Crippen LogP contribution in [-0.2, 0) is 9.59 Å². The average Bonchev–Trinajstić information content (AvgIpc) is 2.25. The molecule has 1 fully saturated rings. The quantitative estimate of drug-likeness (QED) is 0.700. The molecule has 92 valence electrons. The highest BCUT2D eigenvalue weighted by Gasteiger charge is 2.29. The number of likely N-dealkylation sites (N-methyl/N-ethyl adjacent to an activating group) is 1. The summed E-state index contributed by atoms with van der Waals surface area (Å²) < 4.78 is 0. The minimum absolute atomic E-state index is 0.0511. The second-order valence-electron chi connectivity index (χ2n) is 4.28. The first kappa shape index (κ1) is 13.0. The molecule has 0 bridgehead atoms. The molecule has 1 unspecified atom stereocenters. The Morgan fingerprint density at radius 1 is 1.25 bits per heavy atom. The van der Waals surface area contributed by atoms with Crippen LogP contribution in [0.15, 0.2) is 0 Å². The van der Waals surface area contributed by atoms with Gasteiger partial charge in [0, 0.05) is 19.1 Å². The molecule has 0 saturated carbocycles. The van der Waals surface area contributed by atoms with Gasteiger partial charge in [-0.3, -0.25) is 9.59 Å². The molecule has 2 amide bonds. The molecule has 1 aliphatic rings. The Kier molecular flexibility index (Phi) is 4.73. The van der Waals surface area contributed by atoms with Crippen molar-refractivity contribution in [1.29, 1.82) is 0 Å². The molecular weight excluding hydrogens is 206 g/mol. The van der Waals surface area contributed by atoms with Gasteiger partial charge in [-0.05, 0) is 20.4 Å². The number of amides is 2. The molecule has 5 heteroatoms. The molecule has 1 atom stereocenters. The molecule has 1 heterocycles. The third-order valence-electron chi connectivity index (χ3n) is 2.84. The van der Waals surface area contributed by atoms with E-state index in [1.807, 2.05) is 20.9 Å². The van der Waals surface area contributed by atoms with Gasteiger partial charge in [-0.25, -0.2) is 0 Å². The largest absolute Gasteiger partial charge is 0.332 e. The van der Waals surface area contributed by atoms with E-state index >= 15 is 0 Å². The van der Waals surface area contributed by atoms with E-state index in [0.29, 0.717) is 13.1 Å². The fraction of sp³-hybridized carbons (Fsp3) is 0.818. The third kappa shape index (κ3) is 3.20. The molecular formula is C11H21N3O2. The van der Waals surface area contributed by atoms with Crippen molar-refractivity contribution >= 4 is 11.8 Å². The van der Waals surface area contributed by atoms with Crippen LogP contribution in [0.2, 0.25) is 0 Å². The number of nitrogens with zero attached hydrogens (tertiary/aromatic N) is 2. The Labute approximate surface area is 96.8 Å². The van der Waals surface area contributed by atoms with Crippen LogP contribution >= 0.6 is 0 Å². The Morgan fingerprint density at radius 3 is 2.38 bits per heavy atom. The van der Waals surface area contributed by atoms with Crippen molar-refractivity contribution in [2.45, 2.75) is 26.3 Å². The zero-order valence-electron chi connectivity index (χ0n) is 10.3. The van der Waals surface area contributed by atoms with Crippen molar-refractivity contribution in [3.05, 3.63) is 0 Å². The standard InChI is InChI=1S/C11H21N3O2/c1-4-5-13-7-11(16)14(8-10(13)15)6-9(2)12-3/h9,12H,4-8H2,1-3H3. The molecule has 0 aromatic carbocycles. The van der Waals surface area contributed by atoms with Crippen LogP contribution in [0.4, 0.5) is 0 Å². The number of carbonyl (C=O) groups excluding carboxylic acids is 2. The minimum atomic E-state index is 0.0511. The van der Waals surface area contributed by atoms with Crippen molar-refractivity contribution in [1.82, 2.24) is 15.1 Å². The number of hydrogen-bond acceptors (Lipinski definition) is 3. The maximum Gasteiger partial charge on any atom is 0.242 e. The fourth-order valence-electron chi connectivity index (χ4n) is 1.76.